The van der Waals surface area contributed by atoms with E-state index in [1.807, 2.05) is 7.05 Å². The Kier molecular flexibility index (Phi) is 3.50. The predicted octanol–water partition coefficient (Wildman–Crippen LogP) is 0.382. The van der Waals surface area contributed by atoms with Crippen molar-refractivity contribution in [3.05, 3.63) is 5.82 Å². The summed E-state index contributed by atoms with van der Waals surface area (Å²) in [5.41, 5.74) is 0. The second-order valence-electron chi connectivity index (χ2n) is 4.23. The average molecular weight is 225 g/mol. The van der Waals surface area contributed by atoms with E-state index in [1.54, 1.807) is 4.68 Å². The number of nitrogens with zero attached hydrogens (tertiary/aromatic N) is 5. The first-order valence-electron chi connectivity index (χ1n) is 5.80. The summed E-state index contributed by atoms with van der Waals surface area (Å²) in [4.78, 5) is 2.38. The smallest absolute Gasteiger partial charge is 0.167 e. The third-order valence-corrected chi connectivity index (χ3v) is 3.20. The largest absolute Gasteiger partial charge is 0.376 e. The minimum Gasteiger partial charge on any atom is -0.376 e. The lowest BCUT2D eigenvalue weighted by Gasteiger charge is -2.35. The van der Waals surface area contributed by atoms with Crippen molar-refractivity contribution in [1.82, 2.24) is 25.1 Å². The Morgan fingerprint density at radius 2 is 2.38 bits per heavy atom. The number of morpholine rings is 1. The Balaban J connectivity index is 2.04. The Bertz CT molecular complexity index is 340. The van der Waals surface area contributed by atoms with Crippen LogP contribution in [0.4, 0.5) is 0 Å². The van der Waals surface area contributed by atoms with Crippen LogP contribution >= 0.6 is 0 Å². The van der Waals surface area contributed by atoms with Gasteiger partial charge in [0.15, 0.2) is 5.82 Å². The van der Waals surface area contributed by atoms with Gasteiger partial charge in [-0.15, -0.1) is 5.10 Å². The molecule has 1 aromatic rings. The molecule has 1 saturated heterocycles. The standard InChI is InChI=1S/C10H19N5O/c1-4-9-7-15(5-6-16-9)8(2)10-11-12-13-14(10)3/h8-9H,4-7H2,1-3H3. The molecule has 1 aliphatic heterocycles. The van der Waals surface area contributed by atoms with E-state index in [0.29, 0.717) is 6.10 Å². The molecular formula is C10H19N5O. The van der Waals surface area contributed by atoms with Crippen LogP contribution in [0.25, 0.3) is 0 Å². The molecule has 0 spiro atoms. The second kappa shape index (κ2) is 4.88. The molecule has 1 aliphatic rings. The first kappa shape index (κ1) is 11.5. The van der Waals surface area contributed by atoms with Gasteiger partial charge in [-0.25, -0.2) is 4.68 Å². The van der Waals surface area contributed by atoms with E-state index in [0.717, 1.165) is 31.9 Å². The number of hydrogen-bond acceptors (Lipinski definition) is 5. The lowest BCUT2D eigenvalue weighted by molar-refractivity contribution is -0.0440. The van der Waals surface area contributed by atoms with Crippen molar-refractivity contribution in [2.45, 2.75) is 32.4 Å². The Morgan fingerprint density at radius 1 is 1.56 bits per heavy atom. The minimum absolute atomic E-state index is 0.248. The number of hydrogen-bond donors (Lipinski definition) is 0. The first-order valence-corrected chi connectivity index (χ1v) is 5.80. The molecule has 0 bridgehead atoms. The quantitative estimate of drug-likeness (QED) is 0.744. The van der Waals surface area contributed by atoms with Crippen molar-refractivity contribution in [1.29, 1.82) is 0 Å². The molecule has 0 N–H and O–H groups in total. The molecule has 0 aromatic carbocycles. The number of tetrazole rings is 1. The fourth-order valence-corrected chi connectivity index (χ4v) is 2.09. The van der Waals surface area contributed by atoms with Gasteiger partial charge in [0.2, 0.25) is 0 Å². The Hall–Kier alpha value is -1.01. The molecule has 0 saturated carbocycles. The van der Waals surface area contributed by atoms with Gasteiger partial charge in [-0.1, -0.05) is 6.92 Å². The summed E-state index contributed by atoms with van der Waals surface area (Å²) in [6.45, 7) is 7.01. The van der Waals surface area contributed by atoms with Gasteiger partial charge in [0.25, 0.3) is 0 Å². The van der Waals surface area contributed by atoms with E-state index in [2.05, 4.69) is 34.3 Å². The molecule has 2 heterocycles. The lowest BCUT2D eigenvalue weighted by atomic mass is 10.1. The molecule has 0 radical (unpaired) electrons. The fraction of sp³-hybridized carbons (Fsp3) is 0.900. The second-order valence-corrected chi connectivity index (χ2v) is 4.23. The van der Waals surface area contributed by atoms with E-state index >= 15 is 0 Å². The average Bonchev–Trinajstić information content (AvgIpc) is 2.74. The topological polar surface area (TPSA) is 56.1 Å². The van der Waals surface area contributed by atoms with E-state index < -0.39 is 0 Å². The SMILES string of the molecule is CCC1CN(C(C)c2nnnn2C)CCO1. The molecule has 1 aromatic heterocycles. The Labute approximate surface area is 95.6 Å². The van der Waals surface area contributed by atoms with E-state index in [-0.39, 0.29) is 6.04 Å². The molecular weight excluding hydrogens is 206 g/mol. The molecule has 0 aliphatic carbocycles. The number of aromatic nitrogens is 4. The Morgan fingerprint density at radius 3 is 3.00 bits per heavy atom. The zero-order chi connectivity index (χ0) is 11.5. The van der Waals surface area contributed by atoms with Crippen LogP contribution in [-0.4, -0.2) is 50.9 Å². The van der Waals surface area contributed by atoms with Crippen LogP contribution in [0.5, 0.6) is 0 Å². The van der Waals surface area contributed by atoms with Gasteiger partial charge in [0.1, 0.15) is 0 Å². The van der Waals surface area contributed by atoms with Crippen molar-refractivity contribution >= 4 is 0 Å². The molecule has 0 amide bonds. The first-order chi connectivity index (χ1) is 7.72. The molecule has 16 heavy (non-hydrogen) atoms. The van der Waals surface area contributed by atoms with Crippen molar-refractivity contribution in [2.24, 2.45) is 7.05 Å². The normalized spacial score (nSPS) is 24.6. The van der Waals surface area contributed by atoms with Crippen LogP contribution in [0.2, 0.25) is 0 Å². The molecule has 2 rings (SSSR count). The van der Waals surface area contributed by atoms with Gasteiger partial charge in [0, 0.05) is 20.1 Å². The summed E-state index contributed by atoms with van der Waals surface area (Å²) in [5, 5.41) is 11.6. The zero-order valence-electron chi connectivity index (χ0n) is 10.1. The summed E-state index contributed by atoms with van der Waals surface area (Å²) in [6, 6.07) is 0.248. The van der Waals surface area contributed by atoms with Crippen LogP contribution in [0, 0.1) is 0 Å². The third kappa shape index (κ3) is 2.22. The third-order valence-electron chi connectivity index (χ3n) is 3.20. The van der Waals surface area contributed by atoms with Gasteiger partial charge in [-0.3, -0.25) is 4.90 Å². The summed E-state index contributed by atoms with van der Waals surface area (Å²) >= 11 is 0. The van der Waals surface area contributed by atoms with Crippen LogP contribution < -0.4 is 0 Å². The number of ether oxygens (including phenoxy) is 1. The molecule has 2 atom stereocenters. The minimum atomic E-state index is 0.248. The monoisotopic (exact) mass is 225 g/mol. The number of rotatable bonds is 3. The maximum atomic E-state index is 5.65. The van der Waals surface area contributed by atoms with Crippen molar-refractivity contribution < 1.29 is 4.74 Å². The fourth-order valence-electron chi connectivity index (χ4n) is 2.09. The van der Waals surface area contributed by atoms with Crippen molar-refractivity contribution in [3.63, 3.8) is 0 Å². The van der Waals surface area contributed by atoms with Crippen molar-refractivity contribution in [2.75, 3.05) is 19.7 Å². The van der Waals surface area contributed by atoms with E-state index in [4.69, 9.17) is 4.74 Å². The van der Waals surface area contributed by atoms with Gasteiger partial charge in [0.05, 0.1) is 18.8 Å². The maximum absolute atomic E-state index is 5.65. The van der Waals surface area contributed by atoms with Crippen LogP contribution in [-0.2, 0) is 11.8 Å². The van der Waals surface area contributed by atoms with Gasteiger partial charge in [-0.05, 0) is 23.8 Å². The lowest BCUT2D eigenvalue weighted by Crippen LogP contribution is -2.43. The summed E-state index contributed by atoms with van der Waals surface area (Å²) < 4.78 is 7.39. The van der Waals surface area contributed by atoms with Crippen molar-refractivity contribution in [3.8, 4) is 0 Å². The maximum Gasteiger partial charge on any atom is 0.167 e. The van der Waals surface area contributed by atoms with Crippen LogP contribution in [0.3, 0.4) is 0 Å². The highest BCUT2D eigenvalue weighted by Gasteiger charge is 2.26. The zero-order valence-corrected chi connectivity index (χ0v) is 10.1. The molecule has 90 valence electrons. The summed E-state index contributed by atoms with van der Waals surface area (Å²) in [5.74, 6) is 0.914. The van der Waals surface area contributed by atoms with E-state index in [1.165, 1.54) is 0 Å². The molecule has 6 nitrogen and oxygen atoms in total. The van der Waals surface area contributed by atoms with Gasteiger partial charge < -0.3 is 4.74 Å². The summed E-state index contributed by atoms with van der Waals surface area (Å²) in [7, 11) is 1.88. The summed E-state index contributed by atoms with van der Waals surface area (Å²) in [6.07, 6.45) is 1.40. The van der Waals surface area contributed by atoms with Gasteiger partial charge >= 0.3 is 0 Å². The highest BCUT2D eigenvalue weighted by Crippen LogP contribution is 2.20. The molecule has 2 unspecified atom stereocenters. The predicted molar refractivity (Wildman–Crippen MR) is 58.8 cm³/mol. The van der Waals surface area contributed by atoms with Crippen LogP contribution in [0.1, 0.15) is 32.1 Å². The highest BCUT2D eigenvalue weighted by molar-refractivity contribution is 4.91. The molecule has 6 heteroatoms. The van der Waals surface area contributed by atoms with Crippen LogP contribution in [0.15, 0.2) is 0 Å². The van der Waals surface area contributed by atoms with Gasteiger partial charge in [-0.2, -0.15) is 0 Å². The van der Waals surface area contributed by atoms with E-state index in [9.17, 15) is 0 Å². The molecule has 1 fully saturated rings. The number of aryl methyl sites for hydroxylation is 1. The highest BCUT2D eigenvalue weighted by atomic mass is 16.5.